The van der Waals surface area contributed by atoms with Crippen molar-refractivity contribution in [3.63, 3.8) is 0 Å². The minimum absolute atomic E-state index is 0.0542. The number of nitrogens with one attached hydrogen (secondary N) is 2. The van der Waals surface area contributed by atoms with Crippen LogP contribution in [0.2, 0.25) is 5.02 Å². The van der Waals surface area contributed by atoms with Crippen molar-refractivity contribution in [2.24, 2.45) is 5.10 Å². The summed E-state index contributed by atoms with van der Waals surface area (Å²) in [6.07, 6.45) is 0.796. The molecule has 0 spiro atoms. The Balaban J connectivity index is 1.55. The number of rotatable bonds is 12. The Labute approximate surface area is 247 Å². The summed E-state index contributed by atoms with van der Waals surface area (Å²) in [7, 11) is -0.335. The lowest BCUT2D eigenvalue weighted by Gasteiger charge is -2.24. The minimum atomic E-state index is -4.25. The van der Waals surface area contributed by atoms with Crippen molar-refractivity contribution < 1.29 is 32.6 Å². The number of hydrazone groups is 1. The highest BCUT2D eigenvalue weighted by molar-refractivity contribution is 7.92. The quantitative estimate of drug-likeness (QED) is 0.208. The molecule has 0 saturated carbocycles. The van der Waals surface area contributed by atoms with E-state index in [1.807, 2.05) is 19.0 Å². The van der Waals surface area contributed by atoms with Gasteiger partial charge in [-0.2, -0.15) is 5.10 Å². The molecule has 0 radical (unpaired) electrons. The van der Waals surface area contributed by atoms with E-state index in [4.69, 9.17) is 16.3 Å². The number of hydrogen-bond donors (Lipinski definition) is 3. The van der Waals surface area contributed by atoms with Gasteiger partial charge in [0.05, 0.1) is 28.4 Å². The number of carboxylic acid groups (broad SMARTS) is 1. The SMILES string of the molecule is CN(C)CCCOc1ccc(S(=O)(=O)N(CC(=O)N/N=C2\C(=O)Nc3c(C(=O)O)cccc32)c2ccc(Cl)cc2)cc1. The second kappa shape index (κ2) is 13.0. The lowest BCUT2D eigenvalue weighted by molar-refractivity contribution is -0.119. The topological polar surface area (TPSA) is 158 Å². The molecule has 12 nitrogen and oxygen atoms in total. The molecule has 1 aliphatic rings. The van der Waals surface area contributed by atoms with Crippen molar-refractivity contribution >= 4 is 56.5 Å². The first-order valence-electron chi connectivity index (χ1n) is 12.7. The number of amides is 2. The molecule has 2 amide bonds. The zero-order valence-electron chi connectivity index (χ0n) is 22.7. The van der Waals surface area contributed by atoms with Gasteiger partial charge in [-0.15, -0.1) is 0 Å². The number of halogens is 1. The fourth-order valence-electron chi connectivity index (χ4n) is 4.08. The van der Waals surface area contributed by atoms with Gasteiger partial charge in [0.2, 0.25) is 0 Å². The molecule has 3 aromatic carbocycles. The molecule has 3 N–H and O–H groups in total. The van der Waals surface area contributed by atoms with Crippen LogP contribution in [0.3, 0.4) is 0 Å². The lowest BCUT2D eigenvalue weighted by Crippen LogP contribution is -2.40. The molecule has 0 atom stereocenters. The number of ether oxygens (including phenoxy) is 1. The van der Waals surface area contributed by atoms with E-state index in [1.165, 1.54) is 66.7 Å². The second-order valence-electron chi connectivity index (χ2n) is 9.45. The Kier molecular flexibility index (Phi) is 9.45. The molecule has 3 aromatic rings. The smallest absolute Gasteiger partial charge is 0.337 e. The first-order valence-corrected chi connectivity index (χ1v) is 14.5. The Bertz CT molecular complexity index is 1630. The maximum atomic E-state index is 13.7. The highest BCUT2D eigenvalue weighted by atomic mass is 35.5. The van der Waals surface area contributed by atoms with E-state index in [-0.39, 0.29) is 33.1 Å². The van der Waals surface area contributed by atoms with Crippen LogP contribution in [-0.2, 0) is 19.6 Å². The Hall–Kier alpha value is -4.46. The zero-order chi connectivity index (χ0) is 30.4. The summed E-state index contributed by atoms with van der Waals surface area (Å²) in [6.45, 7) is 0.619. The number of fused-ring (bicyclic) bond motifs is 1. The molecule has 0 fully saturated rings. The van der Waals surface area contributed by atoms with Crippen LogP contribution in [0.5, 0.6) is 5.75 Å². The summed E-state index contributed by atoms with van der Waals surface area (Å²) in [5.74, 6) is -2.31. The van der Waals surface area contributed by atoms with Gasteiger partial charge in [0, 0.05) is 17.1 Å². The molecular formula is C28H28ClN5O7S. The fraction of sp³-hybridized carbons (Fsp3) is 0.214. The summed E-state index contributed by atoms with van der Waals surface area (Å²) < 4.78 is 34.0. The molecular weight excluding hydrogens is 586 g/mol. The van der Waals surface area contributed by atoms with Gasteiger partial charge in [-0.1, -0.05) is 23.7 Å². The highest BCUT2D eigenvalue weighted by Gasteiger charge is 2.31. The predicted octanol–water partition coefficient (Wildman–Crippen LogP) is 3.04. The van der Waals surface area contributed by atoms with Gasteiger partial charge in [-0.05, 0) is 75.1 Å². The van der Waals surface area contributed by atoms with Crippen LogP contribution in [0, 0.1) is 0 Å². The van der Waals surface area contributed by atoms with Crippen LogP contribution >= 0.6 is 11.6 Å². The zero-order valence-corrected chi connectivity index (χ0v) is 24.3. The number of sulfonamides is 1. The third kappa shape index (κ3) is 7.05. The van der Waals surface area contributed by atoms with E-state index in [2.05, 4.69) is 15.8 Å². The summed E-state index contributed by atoms with van der Waals surface area (Å²) in [5.41, 5.74) is 2.26. The Morgan fingerprint density at radius 1 is 1.05 bits per heavy atom. The van der Waals surface area contributed by atoms with Crippen molar-refractivity contribution in [2.45, 2.75) is 11.3 Å². The van der Waals surface area contributed by atoms with Crippen LogP contribution in [0.15, 0.2) is 76.7 Å². The van der Waals surface area contributed by atoms with Crippen LogP contribution < -0.4 is 19.8 Å². The van der Waals surface area contributed by atoms with Gasteiger partial charge >= 0.3 is 5.97 Å². The van der Waals surface area contributed by atoms with Crippen molar-refractivity contribution in [3.8, 4) is 5.75 Å². The van der Waals surface area contributed by atoms with Crippen LogP contribution in [0.1, 0.15) is 22.3 Å². The molecule has 0 unspecified atom stereocenters. The van der Waals surface area contributed by atoms with E-state index in [9.17, 15) is 27.9 Å². The van der Waals surface area contributed by atoms with Gasteiger partial charge in [-0.25, -0.2) is 18.6 Å². The molecule has 14 heteroatoms. The van der Waals surface area contributed by atoms with Crippen molar-refractivity contribution in [2.75, 3.05) is 43.4 Å². The molecule has 0 bridgehead atoms. The van der Waals surface area contributed by atoms with Crippen molar-refractivity contribution in [1.29, 1.82) is 0 Å². The number of hydrogen-bond acceptors (Lipinski definition) is 8. The summed E-state index contributed by atoms with van der Waals surface area (Å²) in [6, 6.07) is 16.0. The van der Waals surface area contributed by atoms with Crippen LogP contribution in [0.25, 0.3) is 0 Å². The van der Waals surface area contributed by atoms with Gasteiger partial charge in [-0.3, -0.25) is 13.9 Å². The average Bonchev–Trinajstić information content (AvgIpc) is 3.28. The van der Waals surface area contributed by atoms with Crippen LogP contribution in [0.4, 0.5) is 11.4 Å². The summed E-state index contributed by atoms with van der Waals surface area (Å²) in [5, 5.41) is 16.0. The van der Waals surface area contributed by atoms with E-state index >= 15 is 0 Å². The highest BCUT2D eigenvalue weighted by Crippen LogP contribution is 2.28. The maximum Gasteiger partial charge on any atom is 0.337 e. The molecule has 42 heavy (non-hydrogen) atoms. The monoisotopic (exact) mass is 613 g/mol. The van der Waals surface area contributed by atoms with E-state index < -0.39 is 34.4 Å². The number of anilines is 2. The Morgan fingerprint density at radius 3 is 2.38 bits per heavy atom. The number of benzene rings is 3. The maximum absolute atomic E-state index is 13.7. The minimum Gasteiger partial charge on any atom is -0.494 e. The number of aromatic carboxylic acids is 1. The lowest BCUT2D eigenvalue weighted by atomic mass is 10.1. The summed E-state index contributed by atoms with van der Waals surface area (Å²) >= 11 is 5.99. The predicted molar refractivity (Wildman–Crippen MR) is 158 cm³/mol. The first-order chi connectivity index (χ1) is 20.0. The average molecular weight is 614 g/mol. The van der Waals surface area contributed by atoms with Crippen LogP contribution in [-0.4, -0.2) is 75.7 Å². The van der Waals surface area contributed by atoms with E-state index in [1.54, 1.807) is 0 Å². The van der Waals surface area contributed by atoms with Crippen molar-refractivity contribution in [1.82, 2.24) is 10.3 Å². The number of carboxylic acids is 1. The standard InChI is InChI=1S/C28H28ClN5O7S/c1-33(2)15-4-16-41-20-11-13-21(14-12-20)42(39,40)34(19-9-7-18(29)8-10-19)17-24(35)31-32-26-22-5-3-6-23(28(37)38)25(22)30-27(26)36/h3,5-14H,4,15-17H2,1-2H3,(H,31,35)(H,37,38)(H,30,32,36). The number of nitrogens with zero attached hydrogens (tertiary/aromatic N) is 3. The number of para-hydroxylation sites is 1. The number of carbonyl (C=O) groups excluding carboxylic acids is 2. The molecule has 0 aromatic heterocycles. The molecule has 4 rings (SSSR count). The molecule has 0 aliphatic carbocycles. The molecule has 1 heterocycles. The molecule has 1 aliphatic heterocycles. The third-order valence-corrected chi connectivity index (χ3v) is 8.17. The molecule has 220 valence electrons. The van der Waals surface area contributed by atoms with Crippen molar-refractivity contribution in [3.05, 3.63) is 82.9 Å². The fourth-order valence-corrected chi connectivity index (χ4v) is 5.63. The van der Waals surface area contributed by atoms with Gasteiger partial charge in [0.15, 0.2) is 5.71 Å². The van der Waals surface area contributed by atoms with E-state index in [0.717, 1.165) is 17.3 Å². The summed E-state index contributed by atoms with van der Waals surface area (Å²) in [4.78, 5) is 38.9. The van der Waals surface area contributed by atoms with E-state index in [0.29, 0.717) is 17.4 Å². The number of carbonyl (C=O) groups is 3. The first kappa shape index (κ1) is 30.5. The van der Waals surface area contributed by atoms with Gasteiger partial charge in [0.25, 0.3) is 21.8 Å². The van der Waals surface area contributed by atoms with Gasteiger partial charge < -0.3 is 20.1 Å². The largest absolute Gasteiger partial charge is 0.494 e. The van der Waals surface area contributed by atoms with Gasteiger partial charge in [0.1, 0.15) is 12.3 Å². The Morgan fingerprint density at radius 2 is 1.74 bits per heavy atom. The third-order valence-electron chi connectivity index (χ3n) is 6.13. The normalized spacial score (nSPS) is 13.5. The molecule has 0 saturated heterocycles. The second-order valence-corrected chi connectivity index (χ2v) is 11.7.